The first-order valence-corrected chi connectivity index (χ1v) is 12.7. The lowest BCUT2D eigenvalue weighted by molar-refractivity contribution is -0.140. The number of rotatable bonds is 7. The molecule has 0 spiro atoms. The number of carbonyl (C=O) groups excluding carboxylic acids is 1. The Morgan fingerprint density at radius 3 is 2.15 bits per heavy atom. The lowest BCUT2D eigenvalue weighted by atomic mass is 9.93. The zero-order chi connectivity index (χ0) is 27.9. The van der Waals surface area contributed by atoms with Crippen LogP contribution in [-0.2, 0) is 22.0 Å². The zero-order valence-corrected chi connectivity index (χ0v) is 21.9. The fourth-order valence-electron chi connectivity index (χ4n) is 4.76. The van der Waals surface area contributed by atoms with Gasteiger partial charge in [-0.15, -0.1) is 0 Å². The number of carbonyl (C=O) groups is 2. The van der Waals surface area contributed by atoms with Gasteiger partial charge in [-0.25, -0.2) is 13.6 Å². The molecule has 4 aromatic rings. The largest absolute Gasteiger partial charge is 0.481 e. The summed E-state index contributed by atoms with van der Waals surface area (Å²) < 4.78 is 35.2. The summed E-state index contributed by atoms with van der Waals surface area (Å²) in [6, 6.07) is 18.4. The van der Waals surface area contributed by atoms with Crippen LogP contribution in [0.3, 0.4) is 0 Å². The first-order valence-electron chi connectivity index (χ1n) is 12.3. The summed E-state index contributed by atoms with van der Waals surface area (Å²) in [6.45, 7) is 1.60. The molecule has 2 N–H and O–H groups in total. The van der Waals surface area contributed by atoms with Crippen LogP contribution in [0.1, 0.15) is 37.0 Å². The Bertz CT molecular complexity index is 1560. The van der Waals surface area contributed by atoms with Gasteiger partial charge in [-0.3, -0.25) is 10.1 Å². The quantitative estimate of drug-likeness (QED) is 0.247. The molecule has 3 aromatic carbocycles. The van der Waals surface area contributed by atoms with E-state index in [0.29, 0.717) is 24.0 Å². The molecule has 1 amide bonds. The van der Waals surface area contributed by atoms with E-state index in [1.807, 2.05) is 36.4 Å². The van der Waals surface area contributed by atoms with E-state index in [4.69, 9.17) is 16.3 Å². The number of carboxylic acids is 1. The number of halogens is 3. The van der Waals surface area contributed by atoms with Crippen molar-refractivity contribution in [1.82, 2.24) is 4.57 Å². The average molecular weight is 551 g/mol. The number of carboxylic acid groups (broad SMARTS) is 1. The maximum Gasteiger partial charge on any atom is 0.413 e. The molecule has 1 aliphatic carbocycles. The highest BCUT2D eigenvalue weighted by atomic mass is 35.5. The second-order valence-electron chi connectivity index (χ2n) is 9.69. The highest BCUT2D eigenvalue weighted by molar-refractivity contribution is 6.31. The third-order valence-electron chi connectivity index (χ3n) is 7.14. The summed E-state index contributed by atoms with van der Waals surface area (Å²) in [7, 11) is 1.60. The van der Waals surface area contributed by atoms with Gasteiger partial charge in [0.1, 0.15) is 17.7 Å². The monoisotopic (exact) mass is 550 g/mol. The molecule has 1 aliphatic rings. The first-order chi connectivity index (χ1) is 18.6. The highest BCUT2D eigenvalue weighted by Crippen LogP contribution is 2.48. The molecule has 6 nitrogen and oxygen atoms in total. The number of amides is 1. The first kappa shape index (κ1) is 26.4. The highest BCUT2D eigenvalue weighted by Gasteiger charge is 2.51. The molecule has 1 heterocycles. The zero-order valence-electron chi connectivity index (χ0n) is 21.2. The van der Waals surface area contributed by atoms with Crippen LogP contribution in [0.5, 0.6) is 0 Å². The van der Waals surface area contributed by atoms with Crippen LogP contribution in [-0.4, -0.2) is 21.7 Å². The molecule has 1 saturated carbocycles. The average Bonchev–Trinajstić information content (AvgIpc) is 3.66. The summed E-state index contributed by atoms with van der Waals surface area (Å²) >= 11 is 6.07. The molecule has 0 unspecified atom stereocenters. The molecule has 1 aromatic heterocycles. The van der Waals surface area contributed by atoms with Crippen LogP contribution in [0.4, 0.5) is 19.4 Å². The van der Waals surface area contributed by atoms with Crippen molar-refractivity contribution in [2.24, 2.45) is 7.05 Å². The number of nitrogens with zero attached hydrogens (tertiary/aromatic N) is 1. The van der Waals surface area contributed by atoms with Gasteiger partial charge in [0.05, 0.1) is 16.0 Å². The Balaban J connectivity index is 1.33. The topological polar surface area (TPSA) is 80.6 Å². The van der Waals surface area contributed by atoms with Gasteiger partial charge >= 0.3 is 12.1 Å². The third-order valence-corrected chi connectivity index (χ3v) is 7.47. The Morgan fingerprint density at radius 1 is 1.00 bits per heavy atom. The SMILES string of the molecule is C[C@@H](OC(=O)Nc1c(-c2ccc(-c3ccc(C4(C(=O)O)CC4)cc3)cc2)c(F)cn1C)c1ccc(F)cc1Cl. The lowest BCUT2D eigenvalue weighted by Crippen LogP contribution is -2.19. The van der Waals surface area contributed by atoms with Crippen molar-refractivity contribution in [1.29, 1.82) is 0 Å². The summed E-state index contributed by atoms with van der Waals surface area (Å²) in [6.07, 6.45) is 0.942. The van der Waals surface area contributed by atoms with Crippen LogP contribution in [0.2, 0.25) is 5.02 Å². The van der Waals surface area contributed by atoms with Gasteiger partial charge in [-0.05, 0) is 54.2 Å². The molecule has 0 radical (unpaired) electrons. The van der Waals surface area contributed by atoms with Crippen molar-refractivity contribution in [3.05, 3.63) is 101 Å². The maximum atomic E-state index is 15.0. The molecule has 39 heavy (non-hydrogen) atoms. The predicted octanol–water partition coefficient (Wildman–Crippen LogP) is 7.72. The van der Waals surface area contributed by atoms with Gasteiger partial charge in [-0.2, -0.15) is 0 Å². The van der Waals surface area contributed by atoms with Crippen LogP contribution >= 0.6 is 11.6 Å². The molecule has 0 bridgehead atoms. The van der Waals surface area contributed by atoms with E-state index < -0.39 is 35.2 Å². The van der Waals surface area contributed by atoms with Crippen molar-refractivity contribution in [2.75, 3.05) is 5.32 Å². The molecule has 200 valence electrons. The van der Waals surface area contributed by atoms with Gasteiger partial charge in [-0.1, -0.05) is 66.2 Å². The fraction of sp³-hybridized carbons (Fsp3) is 0.200. The Kier molecular flexibility index (Phi) is 6.91. The van der Waals surface area contributed by atoms with Crippen molar-refractivity contribution in [3.8, 4) is 22.3 Å². The molecule has 9 heteroatoms. The number of benzene rings is 3. The summed E-state index contributed by atoms with van der Waals surface area (Å²) in [5.41, 5.74) is 2.98. The van der Waals surface area contributed by atoms with E-state index in [1.165, 1.54) is 22.9 Å². The Labute approximate surface area is 228 Å². The molecule has 5 rings (SSSR count). The molecular weight excluding hydrogens is 526 g/mol. The maximum absolute atomic E-state index is 15.0. The minimum absolute atomic E-state index is 0.129. The Hall–Kier alpha value is -4.17. The predicted molar refractivity (Wildman–Crippen MR) is 145 cm³/mol. The minimum atomic E-state index is -0.822. The summed E-state index contributed by atoms with van der Waals surface area (Å²) in [5.74, 6) is -1.62. The normalized spacial score (nSPS) is 14.5. The Morgan fingerprint density at radius 2 is 1.59 bits per heavy atom. The van der Waals surface area contributed by atoms with Crippen molar-refractivity contribution in [2.45, 2.75) is 31.3 Å². The van der Waals surface area contributed by atoms with Gasteiger partial charge in [0.2, 0.25) is 0 Å². The standard InChI is InChI=1S/C30H25ClF2N2O4/c1-17(23-12-11-22(32)15-24(23)31)39-29(38)34-27-26(25(33)16-35(27)2)20-5-3-18(4-6-20)19-7-9-21(10-8-19)30(13-14-30)28(36)37/h3-12,15-17H,13-14H2,1-2H3,(H,34,38)(H,36,37)/t17-/m1/s1. The third kappa shape index (κ3) is 5.12. The van der Waals surface area contributed by atoms with Crippen molar-refractivity contribution in [3.63, 3.8) is 0 Å². The van der Waals surface area contributed by atoms with E-state index in [0.717, 1.165) is 22.8 Å². The number of nitrogens with one attached hydrogen (secondary N) is 1. The van der Waals surface area contributed by atoms with Gasteiger partial charge in [0.25, 0.3) is 0 Å². The lowest BCUT2D eigenvalue weighted by Gasteiger charge is -2.16. The summed E-state index contributed by atoms with van der Waals surface area (Å²) in [5, 5.41) is 12.3. The molecule has 0 saturated heterocycles. The molecule has 1 fully saturated rings. The second kappa shape index (κ2) is 10.2. The van der Waals surface area contributed by atoms with Crippen molar-refractivity contribution >= 4 is 29.5 Å². The van der Waals surface area contributed by atoms with Crippen LogP contribution in [0, 0.1) is 11.6 Å². The molecule has 1 atom stereocenters. The number of aliphatic carboxylic acids is 1. The molecular formula is C30H25ClF2N2O4. The van der Waals surface area contributed by atoms with Gasteiger partial charge in [0.15, 0.2) is 5.82 Å². The van der Waals surface area contributed by atoms with Crippen LogP contribution in [0.25, 0.3) is 22.3 Å². The molecule has 0 aliphatic heterocycles. The number of ether oxygens (including phenoxy) is 1. The van der Waals surface area contributed by atoms with E-state index in [-0.39, 0.29) is 16.4 Å². The fourth-order valence-corrected chi connectivity index (χ4v) is 5.08. The van der Waals surface area contributed by atoms with E-state index >= 15 is 0 Å². The number of aryl methyl sites for hydroxylation is 1. The number of hydrogen-bond donors (Lipinski definition) is 2. The van der Waals surface area contributed by atoms with E-state index in [2.05, 4.69) is 5.32 Å². The van der Waals surface area contributed by atoms with E-state index in [9.17, 15) is 23.5 Å². The van der Waals surface area contributed by atoms with Gasteiger partial charge in [0, 0.05) is 18.8 Å². The van der Waals surface area contributed by atoms with Crippen molar-refractivity contribution < 1.29 is 28.2 Å². The second-order valence-corrected chi connectivity index (χ2v) is 10.1. The number of hydrogen-bond acceptors (Lipinski definition) is 3. The van der Waals surface area contributed by atoms with Gasteiger partial charge < -0.3 is 14.4 Å². The van der Waals surface area contributed by atoms with Crippen LogP contribution in [0.15, 0.2) is 72.9 Å². The summed E-state index contributed by atoms with van der Waals surface area (Å²) in [4.78, 5) is 24.3. The smallest absolute Gasteiger partial charge is 0.413 e. The minimum Gasteiger partial charge on any atom is -0.481 e. The van der Waals surface area contributed by atoms with E-state index in [1.54, 1.807) is 26.1 Å². The number of anilines is 1. The number of aromatic nitrogens is 1. The van der Waals surface area contributed by atoms with Crippen LogP contribution < -0.4 is 5.32 Å².